The third kappa shape index (κ3) is 3.39. The van der Waals surface area contributed by atoms with E-state index >= 15 is 0 Å². The molecule has 120 valence electrons. The van der Waals surface area contributed by atoms with E-state index < -0.39 is 12.1 Å². The minimum atomic E-state index is -0.671. The van der Waals surface area contributed by atoms with Crippen LogP contribution < -0.4 is 0 Å². The second kappa shape index (κ2) is 6.48. The molecule has 4 unspecified atom stereocenters. The fourth-order valence-corrected chi connectivity index (χ4v) is 2.81. The highest BCUT2D eigenvalue weighted by Crippen LogP contribution is 2.39. The highest BCUT2D eigenvalue weighted by molar-refractivity contribution is 5.14. The molecular formula is C17H22O5. The highest BCUT2D eigenvalue weighted by atomic mass is 16.8. The minimum Gasteiger partial charge on any atom is -0.392 e. The van der Waals surface area contributed by atoms with E-state index in [9.17, 15) is 0 Å². The van der Waals surface area contributed by atoms with E-state index in [1.54, 1.807) is 12.2 Å². The zero-order valence-corrected chi connectivity index (χ0v) is 12.8. The molecule has 0 aliphatic carbocycles. The first-order chi connectivity index (χ1) is 10.6. The van der Waals surface area contributed by atoms with Gasteiger partial charge >= 0.3 is 0 Å². The van der Waals surface area contributed by atoms with Crippen molar-refractivity contribution in [3.05, 3.63) is 48.0 Å². The van der Waals surface area contributed by atoms with Gasteiger partial charge in [-0.15, -0.1) is 0 Å². The molecule has 0 radical (unpaired) electrons. The molecule has 0 spiro atoms. The van der Waals surface area contributed by atoms with Gasteiger partial charge in [-0.1, -0.05) is 42.5 Å². The Morgan fingerprint density at radius 1 is 1.23 bits per heavy atom. The Morgan fingerprint density at radius 3 is 2.73 bits per heavy atom. The molecule has 0 bridgehead atoms. The van der Waals surface area contributed by atoms with Crippen molar-refractivity contribution in [2.45, 2.75) is 50.8 Å². The first kappa shape index (κ1) is 15.6. The van der Waals surface area contributed by atoms with Crippen molar-refractivity contribution in [3.8, 4) is 0 Å². The largest absolute Gasteiger partial charge is 0.392 e. The number of rotatable bonds is 5. The fourth-order valence-electron chi connectivity index (χ4n) is 2.81. The first-order valence-electron chi connectivity index (χ1n) is 7.53. The van der Waals surface area contributed by atoms with Crippen LogP contribution in [0, 0.1) is 0 Å². The van der Waals surface area contributed by atoms with Crippen LogP contribution in [0.1, 0.15) is 19.4 Å². The Kier molecular flexibility index (Phi) is 4.61. The normalized spacial score (nSPS) is 33.4. The van der Waals surface area contributed by atoms with E-state index in [0.29, 0.717) is 6.61 Å². The lowest BCUT2D eigenvalue weighted by Crippen LogP contribution is -2.36. The Balaban J connectivity index is 1.70. The van der Waals surface area contributed by atoms with Gasteiger partial charge in [0, 0.05) is 0 Å². The molecule has 22 heavy (non-hydrogen) atoms. The smallest absolute Gasteiger partial charge is 0.190 e. The second-order valence-electron chi connectivity index (χ2n) is 5.94. The molecule has 5 nitrogen and oxygen atoms in total. The van der Waals surface area contributed by atoms with Gasteiger partial charge in [0.25, 0.3) is 0 Å². The summed E-state index contributed by atoms with van der Waals surface area (Å²) in [4.78, 5) is 0. The maximum absolute atomic E-state index is 8.96. The summed E-state index contributed by atoms with van der Waals surface area (Å²) in [5.41, 5.74) is 1.09. The van der Waals surface area contributed by atoms with E-state index in [2.05, 4.69) is 0 Å². The number of ether oxygens (including phenoxy) is 4. The molecule has 4 atom stereocenters. The van der Waals surface area contributed by atoms with Crippen LogP contribution in [-0.4, -0.2) is 42.1 Å². The number of hydrogen-bond donors (Lipinski definition) is 1. The number of hydrogen-bond acceptors (Lipinski definition) is 5. The Labute approximate surface area is 130 Å². The molecule has 2 heterocycles. The molecule has 2 saturated heterocycles. The third-order valence-corrected chi connectivity index (χ3v) is 3.74. The van der Waals surface area contributed by atoms with Gasteiger partial charge in [0.2, 0.25) is 0 Å². The van der Waals surface area contributed by atoms with Crippen molar-refractivity contribution >= 4 is 0 Å². The number of benzene rings is 1. The van der Waals surface area contributed by atoms with Crippen molar-refractivity contribution in [1.29, 1.82) is 0 Å². The van der Waals surface area contributed by atoms with Gasteiger partial charge in [-0.2, -0.15) is 0 Å². The molecule has 1 aromatic carbocycles. The van der Waals surface area contributed by atoms with Gasteiger partial charge in [-0.25, -0.2) is 0 Å². The zero-order valence-electron chi connectivity index (χ0n) is 12.8. The van der Waals surface area contributed by atoms with E-state index in [1.165, 1.54) is 0 Å². The molecule has 5 heteroatoms. The summed E-state index contributed by atoms with van der Waals surface area (Å²) >= 11 is 0. The number of fused-ring (bicyclic) bond motifs is 1. The van der Waals surface area contributed by atoms with Crippen molar-refractivity contribution in [1.82, 2.24) is 0 Å². The standard InChI is InChI=1S/C17H22O5/c1-17(2)21-15-14(19-11-12-7-4-3-5-8-12)13(9-6-10-18)20-16(15)22-17/h3-9,13-16,18H,10-11H2,1-2H3/b9-6+. The fraction of sp³-hybridized carbons (Fsp3) is 0.529. The van der Waals surface area contributed by atoms with Crippen LogP contribution >= 0.6 is 0 Å². The van der Waals surface area contributed by atoms with Crippen molar-refractivity contribution < 1.29 is 24.1 Å². The predicted octanol–water partition coefficient (Wildman–Crippen LogP) is 2.00. The summed E-state index contributed by atoms with van der Waals surface area (Å²) in [7, 11) is 0. The quantitative estimate of drug-likeness (QED) is 0.843. The average molecular weight is 306 g/mol. The molecule has 0 aromatic heterocycles. The third-order valence-electron chi connectivity index (χ3n) is 3.74. The molecule has 0 amide bonds. The van der Waals surface area contributed by atoms with E-state index in [4.69, 9.17) is 24.1 Å². The molecule has 2 aliphatic rings. The first-order valence-corrected chi connectivity index (χ1v) is 7.53. The van der Waals surface area contributed by atoms with Crippen LogP contribution in [0.2, 0.25) is 0 Å². The van der Waals surface area contributed by atoms with Crippen molar-refractivity contribution in [2.24, 2.45) is 0 Å². The van der Waals surface area contributed by atoms with E-state index in [0.717, 1.165) is 5.56 Å². The summed E-state index contributed by atoms with van der Waals surface area (Å²) in [6, 6.07) is 9.97. The number of aliphatic hydroxyl groups excluding tert-OH is 1. The molecule has 2 aliphatic heterocycles. The predicted molar refractivity (Wildman–Crippen MR) is 79.9 cm³/mol. The SMILES string of the molecule is CC1(C)OC2OC(/C=C/CO)C(OCc3ccccc3)C2O1. The van der Waals surface area contributed by atoms with Crippen LogP contribution in [0.3, 0.4) is 0 Å². The molecule has 3 rings (SSSR count). The second-order valence-corrected chi connectivity index (χ2v) is 5.94. The van der Waals surface area contributed by atoms with Gasteiger partial charge < -0.3 is 24.1 Å². The minimum absolute atomic E-state index is 0.0339. The van der Waals surface area contributed by atoms with Gasteiger partial charge in [0.1, 0.15) is 18.3 Å². The maximum Gasteiger partial charge on any atom is 0.190 e. The van der Waals surface area contributed by atoms with Gasteiger partial charge in [-0.05, 0) is 19.4 Å². The van der Waals surface area contributed by atoms with Gasteiger partial charge in [0.15, 0.2) is 12.1 Å². The van der Waals surface area contributed by atoms with E-state index in [1.807, 2.05) is 44.2 Å². The topological polar surface area (TPSA) is 57.2 Å². The zero-order chi connectivity index (χ0) is 15.6. The Bertz CT molecular complexity index is 513. The number of aliphatic hydroxyl groups is 1. The molecule has 1 aromatic rings. The monoisotopic (exact) mass is 306 g/mol. The molecular weight excluding hydrogens is 284 g/mol. The van der Waals surface area contributed by atoms with Crippen LogP contribution in [0.15, 0.2) is 42.5 Å². The van der Waals surface area contributed by atoms with Crippen LogP contribution in [0.5, 0.6) is 0 Å². The summed E-state index contributed by atoms with van der Waals surface area (Å²) in [5.74, 6) is -0.671. The van der Waals surface area contributed by atoms with Crippen LogP contribution in [-0.2, 0) is 25.6 Å². The maximum atomic E-state index is 8.96. The Morgan fingerprint density at radius 2 is 2.00 bits per heavy atom. The lowest BCUT2D eigenvalue weighted by molar-refractivity contribution is -0.213. The lowest BCUT2D eigenvalue weighted by Gasteiger charge is -2.24. The van der Waals surface area contributed by atoms with Gasteiger partial charge in [0.05, 0.1) is 13.2 Å². The lowest BCUT2D eigenvalue weighted by atomic mass is 10.1. The van der Waals surface area contributed by atoms with Crippen molar-refractivity contribution in [2.75, 3.05) is 6.61 Å². The van der Waals surface area contributed by atoms with Crippen LogP contribution in [0.25, 0.3) is 0 Å². The average Bonchev–Trinajstić information content (AvgIpc) is 2.95. The van der Waals surface area contributed by atoms with E-state index in [-0.39, 0.29) is 24.9 Å². The molecule has 1 N–H and O–H groups in total. The molecule has 0 saturated carbocycles. The van der Waals surface area contributed by atoms with Crippen LogP contribution in [0.4, 0.5) is 0 Å². The molecule has 2 fully saturated rings. The summed E-state index contributed by atoms with van der Waals surface area (Å²) in [6.07, 6.45) is 2.18. The Hall–Kier alpha value is -1.24. The summed E-state index contributed by atoms with van der Waals surface area (Å²) in [6.45, 7) is 4.17. The van der Waals surface area contributed by atoms with Crippen molar-refractivity contribution in [3.63, 3.8) is 0 Å². The summed E-state index contributed by atoms with van der Waals surface area (Å²) < 4.78 is 23.6. The van der Waals surface area contributed by atoms with Gasteiger partial charge in [-0.3, -0.25) is 0 Å². The highest BCUT2D eigenvalue weighted by Gasteiger charge is 2.54. The summed E-state index contributed by atoms with van der Waals surface area (Å²) in [5, 5.41) is 8.96.